The minimum Gasteiger partial charge on any atom is -0.345 e. The van der Waals surface area contributed by atoms with E-state index in [9.17, 15) is 31.9 Å². The third kappa shape index (κ3) is 7.81. The van der Waals surface area contributed by atoms with E-state index in [1.54, 1.807) is 0 Å². The molecule has 1 fully saturated rings. The Labute approximate surface area is 218 Å². The van der Waals surface area contributed by atoms with Crippen LogP contribution in [0.1, 0.15) is 47.4 Å². The molecule has 208 valence electrons. The van der Waals surface area contributed by atoms with Crippen LogP contribution in [-0.2, 0) is 25.8 Å². The number of hydrogen-bond acceptors (Lipinski definition) is 7. The fourth-order valence-electron chi connectivity index (χ4n) is 3.64. The Morgan fingerprint density at radius 1 is 1.21 bits per heavy atom. The van der Waals surface area contributed by atoms with Crippen molar-refractivity contribution < 1.29 is 27.2 Å². The van der Waals surface area contributed by atoms with Gasteiger partial charge < -0.3 is 10.6 Å². The van der Waals surface area contributed by atoms with Gasteiger partial charge in [-0.1, -0.05) is 5.21 Å². The van der Waals surface area contributed by atoms with Gasteiger partial charge in [-0.05, 0) is 43.9 Å². The maximum atomic E-state index is 14.5. The van der Waals surface area contributed by atoms with Gasteiger partial charge in [0.15, 0.2) is 5.69 Å². The topological polar surface area (TPSA) is 149 Å². The number of aromatic nitrogens is 6. The van der Waals surface area contributed by atoms with Crippen LogP contribution in [0.4, 0.5) is 28.2 Å². The molecule has 3 heterocycles. The highest BCUT2D eigenvalue weighted by atomic mass is 19.4. The molecule has 0 aliphatic heterocycles. The van der Waals surface area contributed by atoms with Gasteiger partial charge >= 0.3 is 17.9 Å². The molecule has 12 nitrogen and oxygen atoms in total. The van der Waals surface area contributed by atoms with Gasteiger partial charge in [0.1, 0.15) is 12.0 Å². The summed E-state index contributed by atoms with van der Waals surface area (Å²) in [6.45, 7) is -0.518. The van der Waals surface area contributed by atoms with E-state index in [1.807, 2.05) is 0 Å². The van der Waals surface area contributed by atoms with Crippen LogP contribution in [-0.4, -0.2) is 53.7 Å². The number of aryl methyl sites for hydroxylation is 1. The zero-order chi connectivity index (χ0) is 28.0. The van der Waals surface area contributed by atoms with Crippen molar-refractivity contribution in [2.24, 2.45) is 0 Å². The molecule has 1 atom stereocenters. The summed E-state index contributed by atoms with van der Waals surface area (Å²) in [6, 6.07) is 2.76. The first-order valence-corrected chi connectivity index (χ1v) is 12.1. The summed E-state index contributed by atoms with van der Waals surface area (Å²) in [7, 11) is 0. The summed E-state index contributed by atoms with van der Waals surface area (Å²) in [5, 5.41) is 15.0. The average Bonchev–Trinajstić information content (AvgIpc) is 3.32. The lowest BCUT2D eigenvalue weighted by atomic mass is 9.93. The van der Waals surface area contributed by atoms with E-state index in [4.69, 9.17) is 0 Å². The van der Waals surface area contributed by atoms with Crippen molar-refractivity contribution in [2.75, 3.05) is 5.32 Å². The Balaban J connectivity index is 1.23. The number of amides is 3. The van der Waals surface area contributed by atoms with Crippen LogP contribution in [0.5, 0.6) is 0 Å². The Bertz CT molecular complexity index is 1370. The van der Waals surface area contributed by atoms with Crippen molar-refractivity contribution in [1.82, 2.24) is 40.2 Å². The first-order valence-electron chi connectivity index (χ1n) is 12.1. The van der Waals surface area contributed by atoms with Gasteiger partial charge in [0.25, 0.3) is 5.91 Å². The number of pyridine rings is 1. The van der Waals surface area contributed by atoms with E-state index in [1.165, 1.54) is 23.0 Å². The summed E-state index contributed by atoms with van der Waals surface area (Å²) in [4.78, 5) is 44.0. The molecule has 3 N–H and O–H groups in total. The number of nitrogens with one attached hydrogen (secondary N) is 3. The van der Waals surface area contributed by atoms with Crippen molar-refractivity contribution >= 4 is 17.8 Å². The van der Waals surface area contributed by atoms with E-state index >= 15 is 0 Å². The first kappa shape index (κ1) is 27.7. The van der Waals surface area contributed by atoms with Crippen LogP contribution in [0, 0.1) is 0 Å². The second kappa shape index (κ2) is 12.0. The van der Waals surface area contributed by atoms with E-state index in [2.05, 4.69) is 36.2 Å². The largest absolute Gasteiger partial charge is 0.416 e. The molecule has 1 unspecified atom stereocenters. The maximum absolute atomic E-state index is 14.5. The van der Waals surface area contributed by atoms with Gasteiger partial charge in [-0.25, -0.2) is 18.7 Å². The lowest BCUT2D eigenvalue weighted by molar-refractivity contribution is -0.137. The predicted molar refractivity (Wildman–Crippen MR) is 128 cm³/mol. The molecule has 0 bridgehead atoms. The van der Waals surface area contributed by atoms with E-state index in [0.29, 0.717) is 0 Å². The van der Waals surface area contributed by atoms with Gasteiger partial charge in [0.05, 0.1) is 30.5 Å². The predicted octanol–water partition coefficient (Wildman–Crippen LogP) is 2.28. The summed E-state index contributed by atoms with van der Waals surface area (Å²) in [6.07, 6.45) is 0.426. The van der Waals surface area contributed by atoms with Gasteiger partial charge in [0, 0.05) is 25.0 Å². The fraction of sp³-hybridized carbons (Fsp3) is 0.435. The molecule has 0 spiro atoms. The number of carbonyl (C=O) groups is 2. The van der Waals surface area contributed by atoms with Crippen LogP contribution in [0.3, 0.4) is 0 Å². The first-order chi connectivity index (χ1) is 18.6. The Kier molecular flexibility index (Phi) is 8.51. The number of anilines is 1. The number of hydrogen-bond donors (Lipinski definition) is 3. The van der Waals surface area contributed by atoms with Crippen molar-refractivity contribution in [3.8, 4) is 0 Å². The number of nitrogens with zero attached hydrogens (tertiary/aromatic N) is 6. The SMILES string of the molecule is O=C(Nc1ccn(CCC(F)Cn2cc(C(=O)NCc3cc(C(F)(F)F)ccn3)nn2)c(=O)n1)NC1CCC1. The second-order valence-electron chi connectivity index (χ2n) is 8.94. The molecular weight excluding hydrogens is 526 g/mol. The molecule has 1 saturated carbocycles. The molecular formula is C23H25F4N9O3. The Morgan fingerprint density at radius 2 is 2.00 bits per heavy atom. The van der Waals surface area contributed by atoms with Crippen LogP contribution in [0.2, 0.25) is 0 Å². The standard InChI is InChI=1S/C23H25F4N9O3/c24-15(5-8-35-9-6-19(32-22(35)39)31-21(38)30-16-2-1-3-16)12-36-13-18(33-34-36)20(37)29-11-17-10-14(4-7-28-17)23(25,26)27/h4,6-7,9-10,13,15-16H,1-3,5,8,11-12H2,(H,29,37)(H2,30,31,32,38,39). The molecule has 39 heavy (non-hydrogen) atoms. The number of rotatable bonds is 10. The molecule has 3 aromatic rings. The van der Waals surface area contributed by atoms with E-state index in [-0.39, 0.29) is 49.3 Å². The zero-order valence-corrected chi connectivity index (χ0v) is 20.5. The summed E-state index contributed by atoms with van der Waals surface area (Å²) < 4.78 is 55.3. The Hall–Kier alpha value is -4.37. The zero-order valence-electron chi connectivity index (χ0n) is 20.5. The van der Waals surface area contributed by atoms with Gasteiger partial charge in [-0.15, -0.1) is 5.10 Å². The number of urea groups is 1. The molecule has 4 rings (SSSR count). The van der Waals surface area contributed by atoms with Crippen LogP contribution in [0.25, 0.3) is 0 Å². The highest BCUT2D eigenvalue weighted by Crippen LogP contribution is 2.29. The van der Waals surface area contributed by atoms with Crippen LogP contribution in [0.15, 0.2) is 41.6 Å². The minimum absolute atomic E-state index is 0.000123. The monoisotopic (exact) mass is 551 g/mol. The maximum Gasteiger partial charge on any atom is 0.416 e. The molecule has 1 aliphatic rings. The Morgan fingerprint density at radius 3 is 2.69 bits per heavy atom. The molecule has 0 saturated heterocycles. The molecule has 0 aromatic carbocycles. The molecule has 3 amide bonds. The fourth-order valence-corrected chi connectivity index (χ4v) is 3.64. The third-order valence-electron chi connectivity index (χ3n) is 5.97. The van der Waals surface area contributed by atoms with Crippen molar-refractivity contribution in [3.63, 3.8) is 0 Å². The van der Waals surface area contributed by atoms with Crippen molar-refractivity contribution in [2.45, 2.75) is 63.7 Å². The van der Waals surface area contributed by atoms with Gasteiger partial charge in [0.2, 0.25) is 0 Å². The molecule has 3 aromatic heterocycles. The number of carbonyl (C=O) groups excluding carboxylic acids is 2. The number of alkyl halides is 4. The summed E-state index contributed by atoms with van der Waals surface area (Å²) in [5.74, 6) is -0.634. The lowest BCUT2D eigenvalue weighted by Gasteiger charge is -2.26. The quantitative estimate of drug-likeness (QED) is 0.328. The van der Waals surface area contributed by atoms with Gasteiger partial charge in [-0.3, -0.25) is 19.7 Å². The van der Waals surface area contributed by atoms with Crippen LogP contribution >= 0.6 is 0 Å². The van der Waals surface area contributed by atoms with Gasteiger partial charge in [-0.2, -0.15) is 18.2 Å². The normalized spacial score (nSPS) is 14.4. The molecule has 1 aliphatic carbocycles. The van der Waals surface area contributed by atoms with Crippen LogP contribution < -0.4 is 21.6 Å². The van der Waals surface area contributed by atoms with Crippen molar-refractivity contribution in [3.05, 3.63) is 64.2 Å². The highest BCUT2D eigenvalue weighted by Gasteiger charge is 2.30. The average molecular weight is 552 g/mol. The van der Waals surface area contributed by atoms with E-state index in [0.717, 1.165) is 42.3 Å². The number of halogens is 4. The highest BCUT2D eigenvalue weighted by molar-refractivity contribution is 5.91. The molecule has 16 heteroatoms. The summed E-state index contributed by atoms with van der Waals surface area (Å²) >= 11 is 0. The minimum atomic E-state index is -4.54. The lowest BCUT2D eigenvalue weighted by Crippen LogP contribution is -2.42. The second-order valence-corrected chi connectivity index (χ2v) is 8.94. The molecule has 0 radical (unpaired) electrons. The smallest absolute Gasteiger partial charge is 0.345 e. The van der Waals surface area contributed by atoms with Crippen molar-refractivity contribution in [1.29, 1.82) is 0 Å². The third-order valence-corrected chi connectivity index (χ3v) is 5.97. The summed E-state index contributed by atoms with van der Waals surface area (Å²) in [5.41, 5.74) is -1.70. The van der Waals surface area contributed by atoms with E-state index < -0.39 is 35.5 Å².